The molecule has 1 aromatic heterocycles. The molecule has 1 aromatic rings. The summed E-state index contributed by atoms with van der Waals surface area (Å²) in [6.45, 7) is 10.6. The molecule has 0 saturated carbocycles. The van der Waals surface area contributed by atoms with Crippen LogP contribution in [0.4, 0.5) is 0 Å². The smallest absolute Gasteiger partial charge is 0.230 e. The van der Waals surface area contributed by atoms with Gasteiger partial charge in [0.1, 0.15) is 5.01 Å². The molecule has 0 bridgehead atoms. The topological polar surface area (TPSA) is 48.9 Å². The molecule has 4 heterocycles. The van der Waals surface area contributed by atoms with Crippen molar-refractivity contribution in [3.05, 3.63) is 16.6 Å². The van der Waals surface area contributed by atoms with Gasteiger partial charge in [0.25, 0.3) is 0 Å². The number of amides is 1. The third-order valence-corrected chi connectivity index (χ3v) is 7.95. The van der Waals surface area contributed by atoms with Gasteiger partial charge in [-0.2, -0.15) is 0 Å². The van der Waals surface area contributed by atoms with Crippen LogP contribution in [-0.2, 0) is 16.1 Å². The van der Waals surface area contributed by atoms with E-state index in [-0.39, 0.29) is 10.8 Å². The van der Waals surface area contributed by atoms with Gasteiger partial charge in [-0.25, -0.2) is 4.98 Å². The Morgan fingerprint density at radius 3 is 2.63 bits per heavy atom. The number of nitrogens with zero attached hydrogens (tertiary/aromatic N) is 4. The van der Waals surface area contributed by atoms with Gasteiger partial charge in [-0.3, -0.25) is 14.6 Å². The molecule has 6 nitrogen and oxygen atoms in total. The third-order valence-electron chi connectivity index (χ3n) is 7.19. The van der Waals surface area contributed by atoms with Gasteiger partial charge >= 0.3 is 0 Å². The molecule has 0 N–H and O–H groups in total. The molecule has 3 fully saturated rings. The quantitative estimate of drug-likeness (QED) is 0.740. The zero-order chi connectivity index (χ0) is 18.9. The molecule has 2 spiro atoms. The van der Waals surface area contributed by atoms with Crippen LogP contribution in [0.5, 0.6) is 0 Å². The van der Waals surface area contributed by atoms with Crippen LogP contribution in [0.15, 0.2) is 11.6 Å². The SMILES string of the molecule is CCN1CC[C@]2(CN(CCOC)CC23CCN(Cc2nccs2)CC3)C1=O. The lowest BCUT2D eigenvalue weighted by Gasteiger charge is -2.47. The van der Waals surface area contributed by atoms with Crippen LogP contribution < -0.4 is 0 Å². The van der Waals surface area contributed by atoms with Crippen molar-refractivity contribution >= 4 is 17.2 Å². The Hall–Kier alpha value is -1.02. The average Bonchev–Trinajstić information content (AvgIpc) is 3.37. The molecule has 7 heteroatoms. The van der Waals surface area contributed by atoms with E-state index < -0.39 is 0 Å². The van der Waals surface area contributed by atoms with Crippen molar-refractivity contribution in [1.82, 2.24) is 19.7 Å². The number of piperidine rings is 1. The van der Waals surface area contributed by atoms with Gasteiger partial charge in [0.05, 0.1) is 18.6 Å². The van der Waals surface area contributed by atoms with E-state index in [1.165, 1.54) is 5.01 Å². The second-order valence-electron chi connectivity index (χ2n) is 8.40. The number of ether oxygens (including phenoxy) is 1. The van der Waals surface area contributed by atoms with Crippen LogP contribution in [0.3, 0.4) is 0 Å². The zero-order valence-electron chi connectivity index (χ0n) is 16.7. The Morgan fingerprint density at radius 1 is 1.19 bits per heavy atom. The molecular formula is C20H32N4O2S. The van der Waals surface area contributed by atoms with Gasteiger partial charge in [-0.05, 0) is 39.3 Å². The maximum atomic E-state index is 13.4. The van der Waals surface area contributed by atoms with Crippen molar-refractivity contribution < 1.29 is 9.53 Å². The number of carbonyl (C=O) groups is 1. The van der Waals surface area contributed by atoms with E-state index in [9.17, 15) is 4.79 Å². The summed E-state index contributed by atoms with van der Waals surface area (Å²) in [5.74, 6) is 0.415. The Labute approximate surface area is 166 Å². The molecule has 27 heavy (non-hydrogen) atoms. The summed E-state index contributed by atoms with van der Waals surface area (Å²) < 4.78 is 5.32. The largest absolute Gasteiger partial charge is 0.383 e. The highest BCUT2D eigenvalue weighted by atomic mass is 32.1. The number of rotatable bonds is 6. The van der Waals surface area contributed by atoms with Crippen molar-refractivity contribution in [2.45, 2.75) is 32.7 Å². The first-order valence-corrected chi connectivity index (χ1v) is 11.1. The summed E-state index contributed by atoms with van der Waals surface area (Å²) in [7, 11) is 1.76. The normalized spacial score (nSPS) is 28.8. The van der Waals surface area contributed by atoms with Gasteiger partial charge in [0, 0.05) is 56.8 Å². The number of fused-ring (bicyclic) bond motifs is 1. The van der Waals surface area contributed by atoms with Crippen LogP contribution in [0, 0.1) is 10.8 Å². The molecule has 0 aliphatic carbocycles. The Bertz CT molecular complexity index is 644. The fraction of sp³-hybridized carbons (Fsp3) is 0.800. The molecule has 4 rings (SSSR count). The van der Waals surface area contributed by atoms with Gasteiger partial charge < -0.3 is 9.64 Å². The summed E-state index contributed by atoms with van der Waals surface area (Å²) in [6.07, 6.45) is 5.15. The van der Waals surface area contributed by atoms with E-state index in [0.717, 1.165) is 78.2 Å². The number of hydrogen-bond donors (Lipinski definition) is 0. The minimum absolute atomic E-state index is 0.126. The molecule has 1 atom stereocenters. The fourth-order valence-corrected chi connectivity index (χ4v) is 6.30. The number of thiazole rings is 1. The summed E-state index contributed by atoms with van der Waals surface area (Å²) in [5, 5.41) is 3.25. The first-order valence-electron chi connectivity index (χ1n) is 10.2. The minimum atomic E-state index is -0.177. The second-order valence-corrected chi connectivity index (χ2v) is 9.38. The van der Waals surface area contributed by atoms with Gasteiger partial charge in [0.2, 0.25) is 5.91 Å². The van der Waals surface area contributed by atoms with E-state index in [4.69, 9.17) is 4.74 Å². The van der Waals surface area contributed by atoms with Crippen LogP contribution in [-0.4, -0.2) is 85.1 Å². The van der Waals surface area contributed by atoms with E-state index in [2.05, 4.69) is 32.0 Å². The van der Waals surface area contributed by atoms with Gasteiger partial charge in [-0.1, -0.05) is 0 Å². The molecule has 3 aliphatic rings. The highest BCUT2D eigenvalue weighted by Gasteiger charge is 2.64. The molecule has 0 radical (unpaired) electrons. The molecule has 3 aliphatic heterocycles. The molecule has 3 saturated heterocycles. The van der Waals surface area contributed by atoms with Crippen LogP contribution in [0.2, 0.25) is 0 Å². The molecule has 1 amide bonds. The van der Waals surface area contributed by atoms with Crippen LogP contribution in [0.25, 0.3) is 0 Å². The molecule has 0 aromatic carbocycles. The van der Waals surface area contributed by atoms with Crippen LogP contribution >= 0.6 is 11.3 Å². The molecular weight excluding hydrogens is 360 g/mol. The maximum Gasteiger partial charge on any atom is 0.230 e. The predicted molar refractivity (Wildman–Crippen MR) is 107 cm³/mol. The Morgan fingerprint density at radius 2 is 2.00 bits per heavy atom. The average molecular weight is 393 g/mol. The van der Waals surface area contributed by atoms with Crippen molar-refractivity contribution in [2.24, 2.45) is 10.8 Å². The number of aromatic nitrogens is 1. The minimum Gasteiger partial charge on any atom is -0.383 e. The lowest BCUT2D eigenvalue weighted by atomic mass is 9.60. The summed E-state index contributed by atoms with van der Waals surface area (Å²) in [6, 6.07) is 0. The number of likely N-dealkylation sites (tertiary alicyclic amines) is 3. The Balaban J connectivity index is 1.51. The standard InChI is InChI=1S/C20H32N4O2S/c1-3-24-10-6-20(18(24)25)16-23(11-12-26-2)15-19(20)4-8-22(9-5-19)14-17-21-7-13-27-17/h7,13H,3-6,8-12,14-16H2,1-2H3/t20-/m0/s1. The lowest BCUT2D eigenvalue weighted by Crippen LogP contribution is -2.52. The first kappa shape index (κ1) is 19.3. The third kappa shape index (κ3) is 3.33. The maximum absolute atomic E-state index is 13.4. The number of hydrogen-bond acceptors (Lipinski definition) is 6. The lowest BCUT2D eigenvalue weighted by molar-refractivity contribution is -0.142. The number of carbonyl (C=O) groups excluding carboxylic acids is 1. The highest BCUT2D eigenvalue weighted by Crippen LogP contribution is 2.57. The van der Waals surface area contributed by atoms with Crippen LogP contribution in [0.1, 0.15) is 31.2 Å². The highest BCUT2D eigenvalue weighted by molar-refractivity contribution is 7.09. The second kappa shape index (κ2) is 7.78. The molecule has 0 unspecified atom stereocenters. The van der Waals surface area contributed by atoms with E-state index in [1.54, 1.807) is 18.4 Å². The number of methoxy groups -OCH3 is 1. The van der Waals surface area contributed by atoms with Crippen molar-refractivity contribution in [3.63, 3.8) is 0 Å². The monoisotopic (exact) mass is 392 g/mol. The van der Waals surface area contributed by atoms with Crippen molar-refractivity contribution in [1.29, 1.82) is 0 Å². The predicted octanol–water partition coefficient (Wildman–Crippen LogP) is 1.93. The molecule has 150 valence electrons. The summed E-state index contributed by atoms with van der Waals surface area (Å²) in [4.78, 5) is 25.0. The van der Waals surface area contributed by atoms with Gasteiger partial charge in [-0.15, -0.1) is 11.3 Å². The zero-order valence-corrected chi connectivity index (χ0v) is 17.5. The van der Waals surface area contributed by atoms with Gasteiger partial charge in [0.15, 0.2) is 0 Å². The summed E-state index contributed by atoms with van der Waals surface area (Å²) in [5.41, 5.74) is -0.0504. The Kier molecular flexibility index (Phi) is 5.56. The summed E-state index contributed by atoms with van der Waals surface area (Å²) >= 11 is 1.74. The van der Waals surface area contributed by atoms with Crippen molar-refractivity contribution in [2.75, 3.05) is 59.5 Å². The van der Waals surface area contributed by atoms with Crippen molar-refractivity contribution in [3.8, 4) is 0 Å². The van der Waals surface area contributed by atoms with E-state index >= 15 is 0 Å². The first-order chi connectivity index (χ1) is 13.1. The fourth-order valence-electron chi connectivity index (χ4n) is 5.64. The van der Waals surface area contributed by atoms with E-state index in [1.807, 2.05) is 6.20 Å². The van der Waals surface area contributed by atoms with E-state index in [0.29, 0.717) is 5.91 Å².